The third-order valence-electron chi connectivity index (χ3n) is 4.36. The molecule has 3 aromatic rings. The van der Waals surface area contributed by atoms with E-state index in [4.69, 9.17) is 11.6 Å². The first kappa shape index (κ1) is 19.1. The van der Waals surface area contributed by atoms with Gasteiger partial charge in [-0.25, -0.2) is 4.39 Å². The monoisotopic (exact) mass is 386 g/mol. The number of hydrogen-bond acceptors (Lipinski definition) is 3. The molecule has 2 aromatic carbocycles. The van der Waals surface area contributed by atoms with E-state index in [0.29, 0.717) is 28.4 Å². The molecule has 1 aromatic heterocycles. The van der Waals surface area contributed by atoms with Crippen molar-refractivity contribution in [2.24, 2.45) is 0 Å². The Balaban J connectivity index is 1.77. The van der Waals surface area contributed by atoms with Crippen LogP contribution < -0.4 is 5.32 Å². The molecule has 0 saturated carbocycles. The number of nitrogens with one attached hydrogen (secondary N) is 2. The molecule has 0 aliphatic rings. The van der Waals surface area contributed by atoms with Crippen LogP contribution in [0.1, 0.15) is 22.0 Å². The lowest BCUT2D eigenvalue weighted by Crippen LogP contribution is -2.34. The van der Waals surface area contributed by atoms with Gasteiger partial charge in [0.25, 0.3) is 5.91 Å². The third-order valence-corrected chi connectivity index (χ3v) is 4.70. The number of benzene rings is 2. The lowest BCUT2D eigenvalue weighted by Gasteiger charge is -2.26. The fourth-order valence-corrected chi connectivity index (χ4v) is 3.16. The van der Waals surface area contributed by atoms with Crippen LogP contribution in [0.4, 0.5) is 4.39 Å². The van der Waals surface area contributed by atoms with Crippen molar-refractivity contribution in [3.05, 3.63) is 76.7 Å². The minimum Gasteiger partial charge on any atom is -0.350 e. The molecule has 27 heavy (non-hydrogen) atoms. The van der Waals surface area contributed by atoms with Crippen LogP contribution in [0.15, 0.2) is 54.7 Å². The minimum atomic E-state index is -0.335. The lowest BCUT2D eigenvalue weighted by atomic mass is 10.0. The van der Waals surface area contributed by atoms with E-state index < -0.39 is 0 Å². The molecule has 2 N–H and O–H groups in total. The molecular formula is C20H20ClFN4O. The minimum absolute atomic E-state index is 0.0798. The van der Waals surface area contributed by atoms with E-state index in [0.717, 1.165) is 5.56 Å². The number of nitrogens with zero attached hydrogens (tertiary/aromatic N) is 2. The summed E-state index contributed by atoms with van der Waals surface area (Å²) in [6, 6.07) is 13.4. The number of hydrogen-bond donors (Lipinski definition) is 2. The fraction of sp³-hybridized carbons (Fsp3) is 0.200. The van der Waals surface area contributed by atoms with Gasteiger partial charge in [-0.15, -0.1) is 0 Å². The Morgan fingerprint density at radius 3 is 2.59 bits per heavy atom. The average molecular weight is 387 g/mol. The van der Waals surface area contributed by atoms with Gasteiger partial charge in [-0.1, -0.05) is 29.8 Å². The summed E-state index contributed by atoms with van der Waals surface area (Å²) in [5.74, 6) is -0.597. The van der Waals surface area contributed by atoms with Gasteiger partial charge in [-0.2, -0.15) is 5.10 Å². The van der Waals surface area contributed by atoms with Crippen molar-refractivity contribution in [3.8, 4) is 11.3 Å². The number of aromatic amines is 1. The predicted molar refractivity (Wildman–Crippen MR) is 104 cm³/mol. The number of halogens is 2. The summed E-state index contributed by atoms with van der Waals surface area (Å²) in [5.41, 5.74) is 2.58. The zero-order valence-corrected chi connectivity index (χ0v) is 15.8. The number of likely N-dealkylation sites (N-methyl/N-ethyl adjacent to an activating group) is 1. The summed E-state index contributed by atoms with van der Waals surface area (Å²) in [7, 11) is 3.86. The standard InChI is InChI=1S/C20H20ClFN4O/c1-26(2)18(15-5-3-4-6-17(15)21)12-23-20(27)16-11-24-25-19(16)13-7-9-14(22)10-8-13/h3-11,18H,12H2,1-2H3,(H,23,27)(H,24,25)/t18-/m0/s1. The molecule has 0 aliphatic heterocycles. The van der Waals surface area contributed by atoms with E-state index in [1.54, 1.807) is 12.1 Å². The van der Waals surface area contributed by atoms with Crippen molar-refractivity contribution in [1.29, 1.82) is 0 Å². The Morgan fingerprint density at radius 2 is 1.93 bits per heavy atom. The Bertz CT molecular complexity index is 924. The first-order chi connectivity index (χ1) is 13.0. The third kappa shape index (κ3) is 4.35. The summed E-state index contributed by atoms with van der Waals surface area (Å²) in [6.07, 6.45) is 1.47. The van der Waals surface area contributed by atoms with Gasteiger partial charge >= 0.3 is 0 Å². The van der Waals surface area contributed by atoms with Gasteiger partial charge in [0.15, 0.2) is 0 Å². The first-order valence-corrected chi connectivity index (χ1v) is 8.83. The molecule has 3 rings (SSSR count). The molecule has 1 atom stereocenters. The van der Waals surface area contributed by atoms with Gasteiger partial charge in [0.1, 0.15) is 5.82 Å². The van der Waals surface area contributed by atoms with Crippen LogP contribution in [-0.4, -0.2) is 41.6 Å². The number of carbonyl (C=O) groups excluding carboxylic acids is 1. The summed E-state index contributed by atoms with van der Waals surface area (Å²) in [4.78, 5) is 14.7. The molecule has 0 spiro atoms. The van der Waals surface area contributed by atoms with Crippen molar-refractivity contribution in [2.75, 3.05) is 20.6 Å². The van der Waals surface area contributed by atoms with Gasteiger partial charge in [0, 0.05) is 17.1 Å². The molecule has 0 aliphatic carbocycles. The van der Waals surface area contributed by atoms with Gasteiger partial charge in [0.05, 0.1) is 23.5 Å². The van der Waals surface area contributed by atoms with Crippen molar-refractivity contribution < 1.29 is 9.18 Å². The van der Waals surface area contributed by atoms with Crippen LogP contribution in [0.5, 0.6) is 0 Å². The predicted octanol–water partition coefficient (Wildman–Crippen LogP) is 3.90. The molecule has 140 valence electrons. The number of rotatable bonds is 6. The first-order valence-electron chi connectivity index (χ1n) is 8.45. The molecule has 0 saturated heterocycles. The van der Waals surface area contributed by atoms with Gasteiger partial charge in [-0.3, -0.25) is 9.89 Å². The summed E-state index contributed by atoms with van der Waals surface area (Å²) < 4.78 is 13.1. The highest BCUT2D eigenvalue weighted by atomic mass is 35.5. The smallest absolute Gasteiger partial charge is 0.255 e. The second-order valence-corrected chi connectivity index (χ2v) is 6.78. The maximum absolute atomic E-state index is 13.1. The van der Waals surface area contributed by atoms with Crippen molar-refractivity contribution >= 4 is 17.5 Å². The summed E-state index contributed by atoms with van der Waals surface area (Å²) in [5, 5.41) is 10.4. The zero-order valence-electron chi connectivity index (χ0n) is 15.0. The van der Waals surface area contributed by atoms with E-state index in [1.807, 2.05) is 43.3 Å². The molecule has 7 heteroatoms. The SMILES string of the molecule is CN(C)[C@@H](CNC(=O)c1cn[nH]c1-c1ccc(F)cc1)c1ccccc1Cl. The molecule has 1 amide bonds. The topological polar surface area (TPSA) is 61.0 Å². The second-order valence-electron chi connectivity index (χ2n) is 6.38. The molecule has 5 nitrogen and oxygen atoms in total. The highest BCUT2D eigenvalue weighted by Gasteiger charge is 2.20. The normalized spacial score (nSPS) is 12.2. The maximum atomic E-state index is 13.1. The largest absolute Gasteiger partial charge is 0.350 e. The van der Waals surface area contributed by atoms with Crippen LogP contribution in [0, 0.1) is 5.82 Å². The van der Waals surface area contributed by atoms with Gasteiger partial charge in [0.2, 0.25) is 0 Å². The van der Waals surface area contributed by atoms with Gasteiger partial charge in [-0.05, 0) is 50.0 Å². The Labute approximate surface area is 162 Å². The summed E-state index contributed by atoms with van der Waals surface area (Å²) in [6.45, 7) is 0.379. The maximum Gasteiger partial charge on any atom is 0.255 e. The van der Waals surface area contributed by atoms with Gasteiger partial charge < -0.3 is 10.2 Å². The van der Waals surface area contributed by atoms with Crippen LogP contribution in [0.2, 0.25) is 5.02 Å². The molecule has 0 unspecified atom stereocenters. The average Bonchev–Trinajstić information content (AvgIpc) is 3.13. The fourth-order valence-electron chi connectivity index (χ4n) is 2.90. The van der Waals surface area contributed by atoms with Crippen LogP contribution in [-0.2, 0) is 0 Å². The van der Waals surface area contributed by atoms with E-state index in [-0.39, 0.29) is 17.8 Å². The van der Waals surface area contributed by atoms with E-state index in [9.17, 15) is 9.18 Å². The molecule has 0 bridgehead atoms. The van der Waals surface area contributed by atoms with E-state index >= 15 is 0 Å². The van der Waals surface area contributed by atoms with E-state index in [1.165, 1.54) is 18.3 Å². The Hall–Kier alpha value is -2.70. The van der Waals surface area contributed by atoms with Crippen molar-refractivity contribution in [2.45, 2.75) is 6.04 Å². The lowest BCUT2D eigenvalue weighted by molar-refractivity contribution is 0.0942. The molecule has 0 radical (unpaired) electrons. The highest BCUT2D eigenvalue weighted by molar-refractivity contribution is 6.31. The Morgan fingerprint density at radius 1 is 1.22 bits per heavy atom. The number of amides is 1. The van der Waals surface area contributed by atoms with Crippen LogP contribution >= 0.6 is 11.6 Å². The quantitative estimate of drug-likeness (QED) is 0.675. The zero-order chi connectivity index (χ0) is 19.4. The number of H-pyrrole nitrogens is 1. The van der Waals surface area contributed by atoms with Crippen LogP contribution in [0.25, 0.3) is 11.3 Å². The highest BCUT2D eigenvalue weighted by Crippen LogP contribution is 2.26. The molecule has 0 fully saturated rings. The van der Waals surface area contributed by atoms with Crippen molar-refractivity contribution in [3.63, 3.8) is 0 Å². The van der Waals surface area contributed by atoms with E-state index in [2.05, 4.69) is 15.5 Å². The summed E-state index contributed by atoms with van der Waals surface area (Å²) >= 11 is 6.31. The Kier molecular flexibility index (Phi) is 5.88. The molecule has 1 heterocycles. The number of carbonyl (C=O) groups is 1. The molecular weight excluding hydrogens is 367 g/mol. The van der Waals surface area contributed by atoms with Crippen molar-refractivity contribution in [1.82, 2.24) is 20.4 Å². The van der Waals surface area contributed by atoms with Crippen LogP contribution in [0.3, 0.4) is 0 Å². The number of aromatic nitrogens is 2. The second kappa shape index (κ2) is 8.33.